The van der Waals surface area contributed by atoms with E-state index in [1.807, 2.05) is 0 Å². The highest BCUT2D eigenvalue weighted by Gasteiger charge is 2.17. The van der Waals surface area contributed by atoms with Crippen molar-refractivity contribution in [3.8, 4) is 5.75 Å². The van der Waals surface area contributed by atoms with Gasteiger partial charge >= 0.3 is 0 Å². The van der Waals surface area contributed by atoms with Crippen LogP contribution < -0.4 is 10.1 Å². The van der Waals surface area contributed by atoms with E-state index in [2.05, 4.69) is 37.4 Å². The highest BCUT2D eigenvalue weighted by atomic mass is 16.5. The van der Waals surface area contributed by atoms with Gasteiger partial charge in [-0.1, -0.05) is 19.4 Å². The van der Waals surface area contributed by atoms with Crippen LogP contribution in [0.15, 0.2) is 18.2 Å². The van der Waals surface area contributed by atoms with Crippen LogP contribution in [0.2, 0.25) is 0 Å². The Hall–Kier alpha value is -1.18. The van der Waals surface area contributed by atoms with Crippen molar-refractivity contribution in [2.45, 2.75) is 32.8 Å². The minimum atomic E-state index is 0.343. The van der Waals surface area contributed by atoms with E-state index in [4.69, 9.17) is 4.74 Å². The van der Waals surface area contributed by atoms with Crippen LogP contribution >= 0.6 is 0 Å². The van der Waals surface area contributed by atoms with Crippen molar-refractivity contribution in [3.63, 3.8) is 0 Å². The fourth-order valence-corrected chi connectivity index (χ4v) is 1.81. The van der Waals surface area contributed by atoms with E-state index in [1.54, 1.807) is 0 Å². The van der Waals surface area contributed by atoms with Gasteiger partial charge in [-0.15, -0.1) is 0 Å². The Balaban J connectivity index is 2.15. The van der Waals surface area contributed by atoms with Crippen molar-refractivity contribution in [1.82, 2.24) is 0 Å². The number of hydrogen-bond acceptors (Lipinski definition) is 2. The van der Waals surface area contributed by atoms with E-state index in [0.717, 1.165) is 24.4 Å². The summed E-state index contributed by atoms with van der Waals surface area (Å²) in [5, 5.41) is 3.41. The lowest BCUT2D eigenvalue weighted by Gasteiger charge is -2.27. The molecule has 1 aromatic carbocycles. The van der Waals surface area contributed by atoms with Gasteiger partial charge in [0.15, 0.2) is 0 Å². The van der Waals surface area contributed by atoms with Gasteiger partial charge < -0.3 is 10.1 Å². The molecular weight excluding hydrogens is 174 g/mol. The maximum atomic E-state index is 5.86. The molecule has 2 rings (SSSR count). The number of anilines is 1. The molecule has 1 aliphatic heterocycles. The quantitative estimate of drug-likeness (QED) is 0.776. The average Bonchev–Trinajstić information content (AvgIpc) is 2.19. The predicted molar refractivity (Wildman–Crippen MR) is 59.0 cm³/mol. The van der Waals surface area contributed by atoms with Gasteiger partial charge in [0.1, 0.15) is 11.9 Å². The smallest absolute Gasteiger partial charge is 0.142 e. The zero-order chi connectivity index (χ0) is 9.97. The minimum absolute atomic E-state index is 0.343. The second-order valence-electron chi connectivity index (χ2n) is 3.91. The fraction of sp³-hybridized carbons (Fsp3) is 0.500. The molecule has 76 valence electrons. The van der Waals surface area contributed by atoms with Crippen molar-refractivity contribution in [2.24, 2.45) is 0 Å². The molecule has 0 fully saturated rings. The first-order valence-corrected chi connectivity index (χ1v) is 5.31. The van der Waals surface area contributed by atoms with Gasteiger partial charge in [-0.05, 0) is 31.0 Å². The van der Waals surface area contributed by atoms with Gasteiger partial charge in [0.05, 0.1) is 12.2 Å². The molecular formula is C12H17NO. The standard InChI is InChI=1S/C12H17NO/c1-3-4-10-8-13-11-7-9(2)5-6-12(11)14-10/h5-7,10,13H,3-4,8H2,1-2H3. The number of hydrogen-bond donors (Lipinski definition) is 1. The third-order valence-electron chi connectivity index (χ3n) is 2.56. The Morgan fingerprint density at radius 1 is 1.50 bits per heavy atom. The SMILES string of the molecule is CCCC1CNc2cc(C)ccc2O1. The summed E-state index contributed by atoms with van der Waals surface area (Å²) in [5.74, 6) is 1.00. The highest BCUT2D eigenvalue weighted by molar-refractivity contribution is 5.59. The molecule has 14 heavy (non-hydrogen) atoms. The first-order chi connectivity index (χ1) is 6.79. The number of nitrogens with one attached hydrogen (secondary N) is 1. The fourth-order valence-electron chi connectivity index (χ4n) is 1.81. The van der Waals surface area contributed by atoms with Crippen molar-refractivity contribution < 1.29 is 4.74 Å². The van der Waals surface area contributed by atoms with Crippen LogP contribution in [0.1, 0.15) is 25.3 Å². The van der Waals surface area contributed by atoms with E-state index in [0.29, 0.717) is 6.10 Å². The summed E-state index contributed by atoms with van der Waals surface area (Å²) in [5.41, 5.74) is 2.41. The molecule has 1 N–H and O–H groups in total. The molecule has 0 saturated heterocycles. The first-order valence-electron chi connectivity index (χ1n) is 5.31. The number of aryl methyl sites for hydroxylation is 1. The summed E-state index contributed by atoms with van der Waals surface area (Å²) in [6.07, 6.45) is 2.64. The van der Waals surface area contributed by atoms with Gasteiger partial charge in [0.25, 0.3) is 0 Å². The molecule has 1 atom stereocenters. The Morgan fingerprint density at radius 3 is 3.14 bits per heavy atom. The van der Waals surface area contributed by atoms with Crippen LogP contribution in [0, 0.1) is 6.92 Å². The van der Waals surface area contributed by atoms with Gasteiger partial charge in [0.2, 0.25) is 0 Å². The van der Waals surface area contributed by atoms with Gasteiger partial charge in [-0.3, -0.25) is 0 Å². The summed E-state index contributed by atoms with van der Waals surface area (Å²) in [4.78, 5) is 0. The third-order valence-corrected chi connectivity index (χ3v) is 2.56. The van der Waals surface area contributed by atoms with Crippen LogP contribution in [0.4, 0.5) is 5.69 Å². The Bertz CT molecular complexity index is 322. The van der Waals surface area contributed by atoms with E-state index in [-0.39, 0.29) is 0 Å². The van der Waals surface area contributed by atoms with Crippen LogP contribution in [0.5, 0.6) is 5.75 Å². The first kappa shape index (κ1) is 9.38. The second-order valence-corrected chi connectivity index (χ2v) is 3.91. The lowest BCUT2D eigenvalue weighted by atomic mass is 10.1. The van der Waals surface area contributed by atoms with Crippen LogP contribution in [-0.4, -0.2) is 12.6 Å². The van der Waals surface area contributed by atoms with Crippen LogP contribution in [-0.2, 0) is 0 Å². The summed E-state index contributed by atoms with van der Waals surface area (Å²) in [6.45, 7) is 5.22. The predicted octanol–water partition coefficient (Wildman–Crippen LogP) is 2.97. The van der Waals surface area contributed by atoms with E-state index < -0.39 is 0 Å². The summed E-state index contributed by atoms with van der Waals surface area (Å²) in [6, 6.07) is 6.28. The normalized spacial score (nSPS) is 19.4. The molecule has 0 amide bonds. The zero-order valence-electron chi connectivity index (χ0n) is 8.84. The Kier molecular flexibility index (Phi) is 2.62. The van der Waals surface area contributed by atoms with E-state index in [1.165, 1.54) is 12.0 Å². The third kappa shape index (κ3) is 1.84. The molecule has 1 aliphatic rings. The van der Waals surface area contributed by atoms with Gasteiger partial charge in [-0.2, -0.15) is 0 Å². The summed E-state index contributed by atoms with van der Waals surface area (Å²) < 4.78 is 5.86. The van der Waals surface area contributed by atoms with Crippen molar-refractivity contribution in [1.29, 1.82) is 0 Å². The van der Waals surface area contributed by atoms with Crippen molar-refractivity contribution in [2.75, 3.05) is 11.9 Å². The monoisotopic (exact) mass is 191 g/mol. The Morgan fingerprint density at radius 2 is 2.36 bits per heavy atom. The van der Waals surface area contributed by atoms with Crippen molar-refractivity contribution in [3.05, 3.63) is 23.8 Å². The number of ether oxygens (including phenoxy) is 1. The van der Waals surface area contributed by atoms with Crippen LogP contribution in [0.3, 0.4) is 0 Å². The molecule has 2 nitrogen and oxygen atoms in total. The molecule has 0 saturated carbocycles. The van der Waals surface area contributed by atoms with E-state index >= 15 is 0 Å². The average molecular weight is 191 g/mol. The lowest BCUT2D eigenvalue weighted by molar-refractivity contribution is 0.194. The Labute approximate surface area is 85.3 Å². The molecule has 0 aromatic heterocycles. The van der Waals surface area contributed by atoms with E-state index in [9.17, 15) is 0 Å². The van der Waals surface area contributed by atoms with Gasteiger partial charge in [-0.25, -0.2) is 0 Å². The van der Waals surface area contributed by atoms with Gasteiger partial charge in [0, 0.05) is 0 Å². The molecule has 1 heterocycles. The van der Waals surface area contributed by atoms with Crippen molar-refractivity contribution >= 4 is 5.69 Å². The minimum Gasteiger partial charge on any atom is -0.486 e. The highest BCUT2D eigenvalue weighted by Crippen LogP contribution is 2.30. The molecule has 0 spiro atoms. The largest absolute Gasteiger partial charge is 0.486 e. The maximum absolute atomic E-state index is 5.86. The van der Waals surface area contributed by atoms with Crippen LogP contribution in [0.25, 0.3) is 0 Å². The summed E-state index contributed by atoms with van der Waals surface area (Å²) >= 11 is 0. The number of rotatable bonds is 2. The number of benzene rings is 1. The molecule has 2 heteroatoms. The topological polar surface area (TPSA) is 21.3 Å². The molecule has 1 aromatic rings. The molecule has 0 aliphatic carbocycles. The molecule has 0 bridgehead atoms. The molecule has 0 radical (unpaired) electrons. The molecule has 1 unspecified atom stereocenters. The summed E-state index contributed by atoms with van der Waals surface area (Å²) in [7, 11) is 0. The maximum Gasteiger partial charge on any atom is 0.142 e. The zero-order valence-corrected chi connectivity index (χ0v) is 8.84. The second kappa shape index (κ2) is 3.91. The number of fused-ring (bicyclic) bond motifs is 1. The lowest BCUT2D eigenvalue weighted by Crippen LogP contribution is -2.30.